The number of rotatable bonds is 12. The number of ether oxygens (including phenoxy) is 1. The molecule has 2 aromatic carbocycles. The zero-order chi connectivity index (χ0) is 26.2. The van der Waals surface area contributed by atoms with E-state index in [1.807, 2.05) is 13.8 Å². The molecule has 8 nitrogen and oxygen atoms in total. The van der Waals surface area contributed by atoms with Crippen LogP contribution in [0, 0.1) is 11.7 Å². The second kappa shape index (κ2) is 12.5. The number of nitrogens with zero attached hydrogens (tertiary/aromatic N) is 2. The van der Waals surface area contributed by atoms with Crippen LogP contribution in [-0.2, 0) is 26.2 Å². The van der Waals surface area contributed by atoms with Crippen LogP contribution in [0.3, 0.4) is 0 Å². The van der Waals surface area contributed by atoms with Crippen molar-refractivity contribution >= 4 is 27.5 Å². The van der Waals surface area contributed by atoms with E-state index in [2.05, 4.69) is 5.32 Å². The highest BCUT2D eigenvalue weighted by molar-refractivity contribution is 7.92. The van der Waals surface area contributed by atoms with Gasteiger partial charge in [0, 0.05) is 13.1 Å². The summed E-state index contributed by atoms with van der Waals surface area (Å²) in [4.78, 5) is 28.0. The molecule has 35 heavy (non-hydrogen) atoms. The summed E-state index contributed by atoms with van der Waals surface area (Å²) in [7, 11) is -2.47. The second-order valence-corrected chi connectivity index (χ2v) is 10.6. The normalized spacial score (nSPS) is 12.2. The van der Waals surface area contributed by atoms with Crippen LogP contribution in [0.4, 0.5) is 10.1 Å². The molecule has 0 aliphatic rings. The minimum atomic E-state index is -3.88. The minimum absolute atomic E-state index is 0.0102. The zero-order valence-corrected chi connectivity index (χ0v) is 21.6. The number of hydrogen-bond acceptors (Lipinski definition) is 5. The fraction of sp³-hybridized carbons (Fsp3) is 0.440. The number of methoxy groups -OCH3 is 1. The highest BCUT2D eigenvalue weighted by Gasteiger charge is 2.32. The molecule has 0 spiro atoms. The summed E-state index contributed by atoms with van der Waals surface area (Å²) in [6.45, 7) is 5.61. The van der Waals surface area contributed by atoms with Crippen LogP contribution in [0.25, 0.3) is 0 Å². The first-order chi connectivity index (χ1) is 16.5. The first-order valence-corrected chi connectivity index (χ1v) is 13.2. The van der Waals surface area contributed by atoms with Gasteiger partial charge in [0.15, 0.2) is 0 Å². The number of benzene rings is 2. The summed E-state index contributed by atoms with van der Waals surface area (Å²) >= 11 is 0. The van der Waals surface area contributed by atoms with E-state index in [0.29, 0.717) is 18.5 Å². The number of para-hydroxylation sites is 2. The summed E-state index contributed by atoms with van der Waals surface area (Å²) in [6.07, 6.45) is 1.31. The molecule has 1 atom stereocenters. The van der Waals surface area contributed by atoms with Gasteiger partial charge in [-0.25, -0.2) is 12.8 Å². The predicted octanol–water partition coefficient (Wildman–Crippen LogP) is 3.18. The van der Waals surface area contributed by atoms with E-state index in [1.54, 1.807) is 31.2 Å². The van der Waals surface area contributed by atoms with E-state index < -0.39 is 34.3 Å². The number of nitrogens with one attached hydrogen (secondary N) is 1. The SMILES string of the molecule is CC[C@@H](C(=O)NCC(C)C)N(Cc1ccc(F)cc1)C(=O)CN(c1ccccc1OC)S(C)(=O)=O. The van der Waals surface area contributed by atoms with Crippen molar-refractivity contribution in [2.75, 3.05) is 30.8 Å². The molecular weight excluding hydrogens is 473 g/mol. The average Bonchev–Trinajstić information content (AvgIpc) is 2.81. The third-order valence-corrected chi connectivity index (χ3v) is 6.50. The monoisotopic (exact) mass is 507 g/mol. The van der Waals surface area contributed by atoms with Crippen molar-refractivity contribution in [3.63, 3.8) is 0 Å². The Morgan fingerprint density at radius 1 is 1.09 bits per heavy atom. The molecule has 1 N–H and O–H groups in total. The Morgan fingerprint density at radius 3 is 2.26 bits per heavy atom. The molecule has 0 bridgehead atoms. The molecule has 0 radical (unpaired) electrons. The van der Waals surface area contributed by atoms with Gasteiger partial charge in [0.25, 0.3) is 0 Å². The molecule has 2 rings (SSSR count). The molecular formula is C25H34FN3O5S. The zero-order valence-electron chi connectivity index (χ0n) is 20.8. The first-order valence-electron chi connectivity index (χ1n) is 11.4. The maximum atomic E-state index is 13.6. The van der Waals surface area contributed by atoms with Gasteiger partial charge in [0.05, 0.1) is 19.1 Å². The highest BCUT2D eigenvalue weighted by Crippen LogP contribution is 2.29. The Labute approximate surface area is 207 Å². The van der Waals surface area contributed by atoms with Crippen molar-refractivity contribution in [2.45, 2.75) is 39.8 Å². The number of sulfonamides is 1. The molecule has 10 heteroatoms. The molecule has 0 aromatic heterocycles. The molecule has 2 amide bonds. The number of anilines is 1. The summed E-state index contributed by atoms with van der Waals surface area (Å²) in [5, 5.41) is 2.85. The topological polar surface area (TPSA) is 96.0 Å². The first kappa shape index (κ1) is 28.1. The summed E-state index contributed by atoms with van der Waals surface area (Å²) in [6, 6.07) is 11.2. The average molecular weight is 508 g/mol. The Bertz CT molecular complexity index is 1110. The Hall–Kier alpha value is -3.14. The van der Waals surface area contributed by atoms with Crippen LogP contribution in [0.1, 0.15) is 32.8 Å². The summed E-state index contributed by atoms with van der Waals surface area (Å²) < 4.78 is 45.1. The summed E-state index contributed by atoms with van der Waals surface area (Å²) in [5.41, 5.74) is 0.822. The van der Waals surface area contributed by atoms with Gasteiger partial charge in [-0.3, -0.25) is 13.9 Å². The lowest BCUT2D eigenvalue weighted by Gasteiger charge is -2.33. The molecule has 0 fully saturated rings. The Morgan fingerprint density at radius 2 is 1.71 bits per heavy atom. The van der Waals surface area contributed by atoms with Gasteiger partial charge in [0.2, 0.25) is 21.8 Å². The quantitative estimate of drug-likeness (QED) is 0.476. The van der Waals surface area contributed by atoms with Crippen LogP contribution >= 0.6 is 0 Å². The smallest absolute Gasteiger partial charge is 0.244 e. The van der Waals surface area contributed by atoms with E-state index in [4.69, 9.17) is 4.74 Å². The number of carbonyl (C=O) groups excluding carboxylic acids is 2. The van der Waals surface area contributed by atoms with Gasteiger partial charge < -0.3 is 15.0 Å². The maximum Gasteiger partial charge on any atom is 0.244 e. The van der Waals surface area contributed by atoms with Crippen LogP contribution in [-0.4, -0.2) is 57.6 Å². The van der Waals surface area contributed by atoms with Crippen molar-refractivity contribution in [1.29, 1.82) is 0 Å². The molecule has 0 saturated heterocycles. The highest BCUT2D eigenvalue weighted by atomic mass is 32.2. The van der Waals surface area contributed by atoms with Crippen molar-refractivity contribution in [3.8, 4) is 5.75 Å². The van der Waals surface area contributed by atoms with Gasteiger partial charge in [-0.15, -0.1) is 0 Å². The van der Waals surface area contributed by atoms with Crippen molar-refractivity contribution in [2.24, 2.45) is 5.92 Å². The lowest BCUT2D eigenvalue weighted by molar-refractivity contribution is -0.140. The van der Waals surface area contributed by atoms with E-state index in [9.17, 15) is 22.4 Å². The molecule has 0 heterocycles. The van der Waals surface area contributed by atoms with Crippen molar-refractivity contribution in [3.05, 3.63) is 59.9 Å². The largest absolute Gasteiger partial charge is 0.495 e. The van der Waals surface area contributed by atoms with Gasteiger partial charge >= 0.3 is 0 Å². The number of amides is 2. The fourth-order valence-corrected chi connectivity index (χ4v) is 4.41. The maximum absolute atomic E-state index is 13.6. The predicted molar refractivity (Wildman–Crippen MR) is 134 cm³/mol. The van der Waals surface area contributed by atoms with Crippen molar-refractivity contribution < 1.29 is 27.1 Å². The third kappa shape index (κ3) is 7.95. The lowest BCUT2D eigenvalue weighted by Crippen LogP contribution is -2.52. The fourth-order valence-electron chi connectivity index (χ4n) is 3.56. The van der Waals surface area contributed by atoms with E-state index in [-0.39, 0.29) is 29.8 Å². The minimum Gasteiger partial charge on any atom is -0.495 e. The molecule has 0 aliphatic heterocycles. The standard InChI is InChI=1S/C25H34FN3O5S/c1-6-21(25(31)27-15-18(2)3)28(16-19-11-13-20(26)14-12-19)24(30)17-29(35(5,32)33)22-9-7-8-10-23(22)34-4/h7-14,18,21H,6,15-17H2,1-5H3,(H,27,31)/t21-/m0/s1. The van der Waals surface area contributed by atoms with Gasteiger partial charge in [-0.05, 0) is 42.2 Å². The van der Waals surface area contributed by atoms with Gasteiger partial charge in [-0.2, -0.15) is 0 Å². The molecule has 0 saturated carbocycles. The molecule has 0 unspecified atom stereocenters. The summed E-state index contributed by atoms with van der Waals surface area (Å²) in [5.74, 6) is -0.827. The second-order valence-electron chi connectivity index (χ2n) is 8.65. The van der Waals surface area contributed by atoms with Crippen LogP contribution in [0.15, 0.2) is 48.5 Å². The lowest BCUT2D eigenvalue weighted by atomic mass is 10.1. The third-order valence-electron chi connectivity index (χ3n) is 5.37. The van der Waals surface area contributed by atoms with Gasteiger partial charge in [-0.1, -0.05) is 45.0 Å². The Kier molecular flexibility index (Phi) is 10.1. The molecule has 2 aromatic rings. The van der Waals surface area contributed by atoms with E-state index in [1.165, 1.54) is 36.3 Å². The Balaban J connectivity index is 2.44. The number of halogens is 1. The van der Waals surface area contributed by atoms with Crippen LogP contribution in [0.2, 0.25) is 0 Å². The van der Waals surface area contributed by atoms with Gasteiger partial charge in [0.1, 0.15) is 24.2 Å². The number of carbonyl (C=O) groups is 2. The molecule has 0 aliphatic carbocycles. The van der Waals surface area contributed by atoms with Crippen LogP contribution in [0.5, 0.6) is 5.75 Å². The van der Waals surface area contributed by atoms with Crippen molar-refractivity contribution in [1.82, 2.24) is 10.2 Å². The number of hydrogen-bond donors (Lipinski definition) is 1. The molecule has 192 valence electrons. The van der Waals surface area contributed by atoms with E-state index in [0.717, 1.165) is 10.6 Å². The van der Waals surface area contributed by atoms with Crippen LogP contribution < -0.4 is 14.4 Å². The van der Waals surface area contributed by atoms with E-state index >= 15 is 0 Å².